The molecule has 1 rings (SSSR count). The first-order valence-electron chi connectivity index (χ1n) is 7.03. The number of carbonyl (C=O) groups excluding carboxylic acids is 1. The maximum atomic E-state index is 11.7. The zero-order chi connectivity index (χ0) is 16.0. The number of ether oxygens (including phenoxy) is 1. The van der Waals surface area contributed by atoms with Gasteiger partial charge in [0.15, 0.2) is 0 Å². The van der Waals surface area contributed by atoms with E-state index in [0.29, 0.717) is 0 Å². The average molecular weight is 293 g/mol. The zero-order valence-corrected chi connectivity index (χ0v) is 13.0. The zero-order valence-electron chi connectivity index (χ0n) is 13.0. The molecule has 0 saturated heterocycles. The van der Waals surface area contributed by atoms with E-state index in [4.69, 9.17) is 9.84 Å². The third kappa shape index (κ3) is 5.45. The molecule has 116 valence electrons. The Balaban J connectivity index is 2.36. The Morgan fingerprint density at radius 3 is 2.48 bits per heavy atom. The molecule has 1 amide bonds. The van der Waals surface area contributed by atoms with Crippen LogP contribution in [0.15, 0.2) is 18.2 Å². The van der Waals surface area contributed by atoms with E-state index in [2.05, 4.69) is 5.32 Å². The number of amides is 1. The summed E-state index contributed by atoms with van der Waals surface area (Å²) in [5, 5.41) is 11.5. The predicted molar refractivity (Wildman–Crippen MR) is 80.4 cm³/mol. The number of nitrogens with one attached hydrogen (secondary N) is 1. The number of carboxylic acids is 1. The lowest BCUT2D eigenvalue weighted by molar-refractivity contribution is -0.142. The molecule has 0 aliphatic carbocycles. The molecule has 1 aromatic rings. The summed E-state index contributed by atoms with van der Waals surface area (Å²) < 4.78 is 5.52. The van der Waals surface area contributed by atoms with Crippen LogP contribution in [-0.2, 0) is 9.59 Å². The van der Waals surface area contributed by atoms with E-state index in [-0.39, 0.29) is 18.9 Å². The lowest BCUT2D eigenvalue weighted by Crippen LogP contribution is -2.40. The molecule has 0 bridgehead atoms. The molecule has 5 nitrogen and oxygen atoms in total. The SMILES string of the molecule is Cc1ccc(OCCC(=O)NC(C)C(C)C(=O)O)cc1C. The second-order valence-electron chi connectivity index (χ2n) is 5.33. The first-order valence-corrected chi connectivity index (χ1v) is 7.03. The molecule has 2 unspecified atom stereocenters. The molecule has 21 heavy (non-hydrogen) atoms. The third-order valence-electron chi connectivity index (χ3n) is 3.60. The van der Waals surface area contributed by atoms with Gasteiger partial charge >= 0.3 is 5.97 Å². The quantitative estimate of drug-likeness (QED) is 0.809. The van der Waals surface area contributed by atoms with Crippen molar-refractivity contribution in [3.05, 3.63) is 29.3 Å². The van der Waals surface area contributed by atoms with Crippen molar-refractivity contribution in [2.24, 2.45) is 5.92 Å². The number of carbonyl (C=O) groups is 2. The van der Waals surface area contributed by atoms with Gasteiger partial charge in [-0.3, -0.25) is 9.59 Å². The van der Waals surface area contributed by atoms with Crippen molar-refractivity contribution < 1.29 is 19.4 Å². The minimum atomic E-state index is -0.922. The Morgan fingerprint density at radius 2 is 1.90 bits per heavy atom. The second-order valence-corrected chi connectivity index (χ2v) is 5.33. The van der Waals surface area contributed by atoms with Gasteiger partial charge in [0.2, 0.25) is 5.91 Å². The van der Waals surface area contributed by atoms with Crippen LogP contribution >= 0.6 is 0 Å². The van der Waals surface area contributed by atoms with Crippen LogP contribution in [0.1, 0.15) is 31.4 Å². The van der Waals surface area contributed by atoms with Crippen molar-refractivity contribution in [3.8, 4) is 5.75 Å². The van der Waals surface area contributed by atoms with Crippen molar-refractivity contribution in [3.63, 3.8) is 0 Å². The van der Waals surface area contributed by atoms with E-state index >= 15 is 0 Å². The summed E-state index contributed by atoms with van der Waals surface area (Å²) in [6.45, 7) is 7.55. The molecule has 2 atom stereocenters. The van der Waals surface area contributed by atoms with Crippen LogP contribution in [0.5, 0.6) is 5.75 Å². The number of hydrogen-bond donors (Lipinski definition) is 2. The van der Waals surface area contributed by atoms with Gasteiger partial charge in [0.1, 0.15) is 5.75 Å². The highest BCUT2D eigenvalue weighted by molar-refractivity contribution is 5.78. The lowest BCUT2D eigenvalue weighted by Gasteiger charge is -2.17. The van der Waals surface area contributed by atoms with Gasteiger partial charge in [-0.15, -0.1) is 0 Å². The predicted octanol–water partition coefficient (Wildman–Crippen LogP) is 2.30. The molecule has 0 radical (unpaired) electrons. The fourth-order valence-corrected chi connectivity index (χ4v) is 1.73. The Labute approximate surface area is 125 Å². The summed E-state index contributed by atoms with van der Waals surface area (Å²) in [4.78, 5) is 22.5. The third-order valence-corrected chi connectivity index (χ3v) is 3.60. The number of benzene rings is 1. The second kappa shape index (κ2) is 7.67. The van der Waals surface area contributed by atoms with E-state index < -0.39 is 17.9 Å². The van der Waals surface area contributed by atoms with Gasteiger partial charge in [-0.1, -0.05) is 6.07 Å². The molecule has 0 aromatic heterocycles. The maximum Gasteiger partial charge on any atom is 0.308 e. The summed E-state index contributed by atoms with van der Waals surface area (Å²) in [6.07, 6.45) is 0.198. The molecule has 2 N–H and O–H groups in total. The molecule has 0 fully saturated rings. The molecular weight excluding hydrogens is 270 g/mol. The standard InChI is InChI=1S/C16H23NO4/c1-10-5-6-14(9-11(10)2)21-8-7-15(18)17-13(4)12(3)16(19)20/h5-6,9,12-13H,7-8H2,1-4H3,(H,17,18)(H,19,20). The van der Waals surface area contributed by atoms with Crippen LogP contribution in [0.25, 0.3) is 0 Å². The van der Waals surface area contributed by atoms with Crippen molar-refractivity contribution in [1.29, 1.82) is 0 Å². The molecular formula is C16H23NO4. The summed E-state index contributed by atoms with van der Waals surface area (Å²) in [7, 11) is 0. The number of rotatable bonds is 7. The summed E-state index contributed by atoms with van der Waals surface area (Å²) >= 11 is 0. The molecule has 0 spiro atoms. The van der Waals surface area contributed by atoms with Gasteiger partial charge in [0, 0.05) is 6.04 Å². The largest absolute Gasteiger partial charge is 0.493 e. The molecule has 1 aromatic carbocycles. The highest BCUT2D eigenvalue weighted by atomic mass is 16.5. The van der Waals surface area contributed by atoms with Crippen LogP contribution in [-0.4, -0.2) is 29.6 Å². The molecule has 0 heterocycles. The van der Waals surface area contributed by atoms with Gasteiger partial charge in [0.05, 0.1) is 18.9 Å². The van der Waals surface area contributed by atoms with Crippen molar-refractivity contribution in [1.82, 2.24) is 5.32 Å². The van der Waals surface area contributed by atoms with Crippen LogP contribution in [0.3, 0.4) is 0 Å². The smallest absolute Gasteiger partial charge is 0.308 e. The van der Waals surface area contributed by atoms with Crippen molar-refractivity contribution in [2.75, 3.05) is 6.61 Å². The van der Waals surface area contributed by atoms with Crippen LogP contribution in [0.4, 0.5) is 0 Å². The lowest BCUT2D eigenvalue weighted by atomic mass is 10.0. The van der Waals surface area contributed by atoms with Gasteiger partial charge in [-0.05, 0) is 51.0 Å². The van der Waals surface area contributed by atoms with E-state index in [1.54, 1.807) is 13.8 Å². The molecule has 0 aliphatic rings. The van der Waals surface area contributed by atoms with Crippen LogP contribution < -0.4 is 10.1 Å². The summed E-state index contributed by atoms with van der Waals surface area (Å²) in [6, 6.07) is 5.37. The topological polar surface area (TPSA) is 75.6 Å². The maximum absolute atomic E-state index is 11.7. The number of aryl methyl sites for hydroxylation is 2. The van der Waals surface area contributed by atoms with Gasteiger partial charge < -0.3 is 15.2 Å². The van der Waals surface area contributed by atoms with Crippen LogP contribution in [0, 0.1) is 19.8 Å². The van der Waals surface area contributed by atoms with Gasteiger partial charge in [-0.25, -0.2) is 0 Å². The molecule has 5 heteroatoms. The van der Waals surface area contributed by atoms with E-state index in [1.165, 1.54) is 5.56 Å². The Kier molecular flexibility index (Phi) is 6.21. The van der Waals surface area contributed by atoms with Crippen molar-refractivity contribution >= 4 is 11.9 Å². The monoisotopic (exact) mass is 293 g/mol. The fraction of sp³-hybridized carbons (Fsp3) is 0.500. The number of hydrogen-bond acceptors (Lipinski definition) is 3. The highest BCUT2D eigenvalue weighted by Gasteiger charge is 2.20. The minimum Gasteiger partial charge on any atom is -0.493 e. The minimum absolute atomic E-state index is 0.198. The van der Waals surface area contributed by atoms with Gasteiger partial charge in [0.25, 0.3) is 0 Å². The Hall–Kier alpha value is -2.04. The first-order chi connectivity index (χ1) is 9.81. The first kappa shape index (κ1) is 17.0. The van der Waals surface area contributed by atoms with E-state index in [1.807, 2.05) is 32.0 Å². The highest BCUT2D eigenvalue weighted by Crippen LogP contribution is 2.16. The molecule has 0 aliphatic heterocycles. The molecule has 0 saturated carbocycles. The van der Waals surface area contributed by atoms with Crippen LogP contribution in [0.2, 0.25) is 0 Å². The average Bonchev–Trinajstić information content (AvgIpc) is 2.41. The summed E-state index contributed by atoms with van der Waals surface area (Å²) in [5.41, 5.74) is 2.33. The Bertz CT molecular complexity index is 513. The summed E-state index contributed by atoms with van der Waals surface area (Å²) in [5.74, 6) is -1.01. The normalized spacial score (nSPS) is 13.3. The number of aliphatic carboxylic acids is 1. The Morgan fingerprint density at radius 1 is 1.24 bits per heavy atom. The van der Waals surface area contributed by atoms with Crippen molar-refractivity contribution in [2.45, 2.75) is 40.2 Å². The number of carboxylic acid groups (broad SMARTS) is 1. The fourth-order valence-electron chi connectivity index (χ4n) is 1.73. The van der Waals surface area contributed by atoms with E-state index in [0.717, 1.165) is 11.3 Å². The van der Waals surface area contributed by atoms with E-state index in [9.17, 15) is 9.59 Å². The van der Waals surface area contributed by atoms with Gasteiger partial charge in [-0.2, -0.15) is 0 Å².